The molecule has 4 aliphatic rings. The molecule has 1 aliphatic carbocycles. The van der Waals surface area contributed by atoms with Crippen molar-refractivity contribution in [3.05, 3.63) is 17.7 Å². The highest BCUT2D eigenvalue weighted by Crippen LogP contribution is 2.69. The molecule has 9 heteroatoms. The summed E-state index contributed by atoms with van der Waals surface area (Å²) in [6.07, 6.45) is 1.36. The lowest BCUT2D eigenvalue weighted by Gasteiger charge is -2.63. The molecule has 4 atom stereocenters. The van der Waals surface area contributed by atoms with Crippen LogP contribution >= 0.6 is 0 Å². The average molecular weight is 422 g/mol. The molecule has 1 N–H and O–H groups in total. The molecule has 4 fully saturated rings. The van der Waals surface area contributed by atoms with Gasteiger partial charge in [0.05, 0.1) is 45.5 Å². The largest absolute Gasteiger partial charge is 0.493 e. The Labute approximate surface area is 180 Å². The fraction of sp³-hybridized carbons (Fsp3) is 0.545. The zero-order valence-electron chi connectivity index (χ0n) is 17.5. The van der Waals surface area contributed by atoms with E-state index in [4.69, 9.17) is 29.1 Å². The third-order valence-electron chi connectivity index (χ3n) is 6.81. The minimum Gasteiger partial charge on any atom is -0.493 e. The molecule has 0 amide bonds. The maximum atomic E-state index is 10.4. The number of rotatable bonds is 4. The number of fused-ring (bicyclic) bond motifs is 2. The minimum atomic E-state index is -1.95. The Morgan fingerprint density at radius 3 is 2.16 bits per heavy atom. The van der Waals surface area contributed by atoms with Gasteiger partial charge in [-0.2, -0.15) is 15.8 Å². The van der Waals surface area contributed by atoms with Crippen LogP contribution in [0, 0.1) is 56.2 Å². The van der Waals surface area contributed by atoms with Crippen LogP contribution in [-0.4, -0.2) is 33.0 Å². The van der Waals surface area contributed by atoms with Crippen molar-refractivity contribution in [2.24, 2.45) is 16.7 Å². The molecule has 0 radical (unpaired) electrons. The summed E-state index contributed by atoms with van der Waals surface area (Å²) in [7, 11) is 4.40. The summed E-state index contributed by atoms with van der Waals surface area (Å²) in [5, 5.41) is 39.5. The summed E-state index contributed by atoms with van der Waals surface area (Å²) in [6, 6.07) is 9.58. The molecule has 5 rings (SSSR count). The van der Waals surface area contributed by atoms with Gasteiger partial charge in [0.2, 0.25) is 17.4 Å². The van der Waals surface area contributed by atoms with Crippen LogP contribution in [0.15, 0.2) is 12.1 Å². The highest BCUT2D eigenvalue weighted by Gasteiger charge is 2.80. The molecule has 3 saturated heterocycles. The molecule has 0 unspecified atom stereocenters. The van der Waals surface area contributed by atoms with E-state index in [9.17, 15) is 15.8 Å². The monoisotopic (exact) mass is 422 g/mol. The number of methoxy groups -OCH3 is 3. The molecule has 2 bridgehead atoms. The van der Waals surface area contributed by atoms with Crippen molar-refractivity contribution in [1.29, 1.82) is 21.2 Å². The van der Waals surface area contributed by atoms with Gasteiger partial charge >= 0.3 is 0 Å². The first-order valence-corrected chi connectivity index (χ1v) is 9.93. The lowest BCUT2D eigenvalue weighted by molar-refractivity contribution is -0.360. The van der Waals surface area contributed by atoms with Crippen molar-refractivity contribution in [3.63, 3.8) is 0 Å². The van der Waals surface area contributed by atoms with Gasteiger partial charge < -0.3 is 23.7 Å². The second-order valence-electron chi connectivity index (χ2n) is 7.95. The first-order chi connectivity index (χ1) is 14.9. The van der Waals surface area contributed by atoms with Gasteiger partial charge in [-0.1, -0.05) is 6.42 Å². The maximum absolute atomic E-state index is 10.4. The average Bonchev–Trinajstić information content (AvgIpc) is 2.81. The molecule has 3 aliphatic heterocycles. The number of hydrogen-bond donors (Lipinski definition) is 1. The Morgan fingerprint density at radius 2 is 1.65 bits per heavy atom. The van der Waals surface area contributed by atoms with Crippen LogP contribution in [0.1, 0.15) is 37.4 Å². The molecule has 1 aromatic rings. The summed E-state index contributed by atoms with van der Waals surface area (Å²) >= 11 is 0. The minimum absolute atomic E-state index is 0.333. The Hall–Kier alpha value is -3.48. The van der Waals surface area contributed by atoms with Crippen LogP contribution in [0.3, 0.4) is 0 Å². The summed E-state index contributed by atoms with van der Waals surface area (Å²) < 4.78 is 28.6. The number of benzene rings is 1. The van der Waals surface area contributed by atoms with Crippen LogP contribution in [0.2, 0.25) is 0 Å². The number of nitrogens with one attached hydrogen (secondary N) is 1. The number of hydrogen-bond acceptors (Lipinski definition) is 9. The second kappa shape index (κ2) is 7.04. The van der Waals surface area contributed by atoms with Crippen LogP contribution in [0.25, 0.3) is 0 Å². The Bertz CT molecular complexity index is 1030. The second-order valence-corrected chi connectivity index (χ2v) is 7.95. The molecule has 1 spiro atoms. The van der Waals surface area contributed by atoms with E-state index in [1.165, 1.54) is 21.3 Å². The van der Waals surface area contributed by atoms with E-state index in [2.05, 4.69) is 18.2 Å². The molecule has 3 heterocycles. The number of nitrogens with zero attached hydrogens (tertiary/aromatic N) is 3. The van der Waals surface area contributed by atoms with Gasteiger partial charge in [0.25, 0.3) is 0 Å². The van der Waals surface area contributed by atoms with Gasteiger partial charge in [-0.15, -0.1) is 0 Å². The lowest BCUT2D eigenvalue weighted by atomic mass is 9.48. The van der Waals surface area contributed by atoms with Crippen molar-refractivity contribution in [2.75, 3.05) is 21.3 Å². The van der Waals surface area contributed by atoms with Gasteiger partial charge in [-0.3, -0.25) is 5.41 Å². The maximum Gasteiger partial charge on any atom is 0.218 e. The first-order valence-electron chi connectivity index (χ1n) is 9.93. The van der Waals surface area contributed by atoms with E-state index >= 15 is 0 Å². The molecule has 160 valence electrons. The van der Waals surface area contributed by atoms with Crippen molar-refractivity contribution in [3.8, 4) is 35.5 Å². The van der Waals surface area contributed by atoms with E-state index in [0.29, 0.717) is 35.7 Å². The predicted molar refractivity (Wildman–Crippen MR) is 105 cm³/mol. The molecule has 0 aromatic heterocycles. The van der Waals surface area contributed by atoms with Crippen molar-refractivity contribution in [1.82, 2.24) is 0 Å². The Kier molecular flexibility index (Phi) is 4.72. The highest BCUT2D eigenvalue weighted by atomic mass is 16.7. The normalized spacial score (nSPS) is 32.5. The predicted octanol–water partition coefficient (Wildman–Crippen LogP) is 3.22. The van der Waals surface area contributed by atoms with Crippen LogP contribution in [0.5, 0.6) is 17.2 Å². The standard InChI is InChI=1S/C22H22N4O5/c1-27-14-8-13(9-15(28-2)17(14)29-3)18-21(12-25)19(26)31-22(30-18)7-5-4-6-16(22)20(21,10-23)11-24/h8-9,16,18,26H,4-7H2,1-3H3/t16-,18-,21-,22-/m1/s1. The quantitative estimate of drug-likeness (QED) is 0.779. The van der Waals surface area contributed by atoms with Gasteiger partial charge in [-0.25, -0.2) is 0 Å². The van der Waals surface area contributed by atoms with Crippen molar-refractivity contribution < 1.29 is 23.7 Å². The van der Waals surface area contributed by atoms with Crippen LogP contribution in [0.4, 0.5) is 0 Å². The fourth-order valence-corrected chi connectivity index (χ4v) is 5.39. The molecule has 1 aromatic carbocycles. The Morgan fingerprint density at radius 1 is 1.00 bits per heavy atom. The summed E-state index contributed by atoms with van der Waals surface area (Å²) in [5.41, 5.74) is -3.33. The molecular formula is C22H22N4O5. The third-order valence-corrected chi connectivity index (χ3v) is 6.81. The van der Waals surface area contributed by atoms with Gasteiger partial charge in [-0.05, 0) is 30.5 Å². The summed E-state index contributed by atoms with van der Waals surface area (Å²) in [6.45, 7) is 0. The van der Waals surface area contributed by atoms with E-state index in [1.807, 2.05) is 0 Å². The van der Waals surface area contributed by atoms with Crippen molar-refractivity contribution >= 4 is 5.90 Å². The number of ether oxygens (including phenoxy) is 5. The van der Waals surface area contributed by atoms with Crippen LogP contribution < -0.4 is 14.2 Å². The third kappa shape index (κ3) is 2.34. The van der Waals surface area contributed by atoms with E-state index in [1.54, 1.807) is 12.1 Å². The van der Waals surface area contributed by atoms with Gasteiger partial charge in [0.15, 0.2) is 22.3 Å². The van der Waals surface area contributed by atoms with Crippen LogP contribution in [-0.2, 0) is 9.47 Å². The fourth-order valence-electron chi connectivity index (χ4n) is 5.39. The zero-order chi connectivity index (χ0) is 22.4. The smallest absolute Gasteiger partial charge is 0.218 e. The zero-order valence-corrected chi connectivity index (χ0v) is 17.5. The summed E-state index contributed by atoms with van der Waals surface area (Å²) in [4.78, 5) is 0. The topological polar surface area (TPSA) is 141 Å². The van der Waals surface area contributed by atoms with Crippen molar-refractivity contribution in [2.45, 2.75) is 37.6 Å². The molecule has 9 nitrogen and oxygen atoms in total. The molecule has 31 heavy (non-hydrogen) atoms. The molecule has 1 saturated carbocycles. The van der Waals surface area contributed by atoms with E-state index in [-0.39, 0.29) is 0 Å². The summed E-state index contributed by atoms with van der Waals surface area (Å²) in [5.74, 6) is -1.35. The Balaban J connectivity index is 2.01. The van der Waals surface area contributed by atoms with Gasteiger partial charge in [0.1, 0.15) is 6.10 Å². The van der Waals surface area contributed by atoms with E-state index < -0.39 is 34.5 Å². The SMILES string of the molecule is COc1cc([C@H]2O[C@@]34CCCC[C@@H]3C(C#N)(C#N)[C@@]2(C#N)C(=N)O4)cc(OC)c1OC. The van der Waals surface area contributed by atoms with E-state index in [0.717, 1.165) is 12.8 Å². The highest BCUT2D eigenvalue weighted by molar-refractivity contribution is 5.89. The van der Waals surface area contributed by atoms with Gasteiger partial charge in [0, 0.05) is 6.42 Å². The lowest BCUT2D eigenvalue weighted by Crippen LogP contribution is -2.73. The first kappa shape index (κ1) is 20.8. The molecular weight excluding hydrogens is 400 g/mol. The number of nitriles is 3.